The van der Waals surface area contributed by atoms with Gasteiger partial charge in [0.25, 0.3) is 0 Å². The first-order valence-electron chi connectivity index (χ1n) is 8.37. The second-order valence-electron chi connectivity index (χ2n) is 6.34. The fraction of sp³-hybridized carbons (Fsp3) is 0.278. The number of ether oxygens (including phenoxy) is 1. The van der Waals surface area contributed by atoms with Crippen molar-refractivity contribution in [2.45, 2.75) is 17.9 Å². The Morgan fingerprint density at radius 1 is 1.07 bits per heavy atom. The van der Waals surface area contributed by atoms with Crippen LogP contribution in [0.5, 0.6) is 0 Å². The van der Waals surface area contributed by atoms with Crippen molar-refractivity contribution in [2.24, 2.45) is 5.92 Å². The molecule has 0 heterocycles. The molecule has 0 amide bonds. The molecule has 0 aliphatic heterocycles. The van der Waals surface area contributed by atoms with E-state index in [2.05, 4.69) is 9.44 Å². The van der Waals surface area contributed by atoms with E-state index < -0.39 is 48.7 Å². The number of sulfonamides is 2. The van der Waals surface area contributed by atoms with Crippen LogP contribution in [0.25, 0.3) is 0 Å². The molecule has 11 heteroatoms. The largest absolute Gasteiger partial charge is 0.469 e. The number of hydrogen-bond donors (Lipinski definition) is 2. The van der Waals surface area contributed by atoms with Gasteiger partial charge in [-0.1, -0.05) is 37.3 Å². The van der Waals surface area contributed by atoms with Gasteiger partial charge in [0.05, 0.1) is 31.0 Å². The molecule has 2 N–H and O–H groups in total. The van der Waals surface area contributed by atoms with E-state index in [1.807, 2.05) is 0 Å². The summed E-state index contributed by atoms with van der Waals surface area (Å²) >= 11 is 0. The van der Waals surface area contributed by atoms with Gasteiger partial charge in [0, 0.05) is 0 Å². The Bertz CT molecular complexity index is 1090. The van der Waals surface area contributed by atoms with E-state index >= 15 is 0 Å². The lowest BCUT2D eigenvalue weighted by Crippen LogP contribution is -2.36. The first-order chi connectivity index (χ1) is 13.4. The second-order valence-corrected chi connectivity index (χ2v) is 9.77. The maximum atomic E-state index is 14.5. The van der Waals surface area contributed by atoms with Gasteiger partial charge in [-0.15, -0.1) is 0 Å². The number of methoxy groups -OCH3 is 1. The van der Waals surface area contributed by atoms with Gasteiger partial charge in [-0.2, -0.15) is 0 Å². The first kappa shape index (κ1) is 22.8. The molecular formula is C18H21FN2O6S2. The topological polar surface area (TPSA) is 119 Å². The molecule has 0 radical (unpaired) electrons. The summed E-state index contributed by atoms with van der Waals surface area (Å²) in [7, 11) is -6.87. The quantitative estimate of drug-likeness (QED) is 0.602. The van der Waals surface area contributed by atoms with Gasteiger partial charge in [-0.05, 0) is 23.8 Å². The summed E-state index contributed by atoms with van der Waals surface area (Å²) in [5.74, 6) is -2.69. The van der Waals surface area contributed by atoms with E-state index in [1.165, 1.54) is 14.0 Å². The molecule has 29 heavy (non-hydrogen) atoms. The van der Waals surface area contributed by atoms with E-state index in [0.717, 1.165) is 24.5 Å². The highest BCUT2D eigenvalue weighted by Gasteiger charge is 2.32. The Morgan fingerprint density at radius 2 is 1.69 bits per heavy atom. The molecule has 8 nitrogen and oxygen atoms in total. The van der Waals surface area contributed by atoms with Gasteiger partial charge >= 0.3 is 5.97 Å². The minimum absolute atomic E-state index is 0.119. The summed E-state index contributed by atoms with van der Waals surface area (Å²) < 4.78 is 71.7. The zero-order chi connectivity index (χ0) is 21.8. The normalized spacial score (nSPS) is 14.1. The Balaban J connectivity index is 2.41. The average Bonchev–Trinajstić information content (AvgIpc) is 2.64. The summed E-state index contributed by atoms with van der Waals surface area (Å²) in [5.41, 5.74) is 0.372. The van der Waals surface area contributed by atoms with Crippen LogP contribution in [-0.4, -0.2) is 36.2 Å². The molecule has 2 rings (SSSR count). The first-order valence-corrected chi connectivity index (χ1v) is 11.7. The molecule has 0 saturated carbocycles. The summed E-state index contributed by atoms with van der Waals surface area (Å²) in [4.78, 5) is 11.3. The standard InChI is InChI=1S/C18H21FN2O6S2/c1-12(18(22)27-2)17(13-7-5-4-6-8-13)21-29(25,26)16-10-9-14(11-15(16)19)20-28(3,23)24/h4-12,17,20-21H,1-3H3/t12-,17+/m0/s1. The van der Waals surface area contributed by atoms with Crippen molar-refractivity contribution in [3.05, 3.63) is 59.9 Å². The minimum atomic E-state index is -4.40. The van der Waals surface area contributed by atoms with Gasteiger partial charge in [-0.25, -0.2) is 25.9 Å². The van der Waals surface area contributed by atoms with Gasteiger partial charge in [0.2, 0.25) is 20.0 Å². The van der Waals surface area contributed by atoms with Crippen LogP contribution in [0, 0.1) is 11.7 Å². The van der Waals surface area contributed by atoms with Crippen molar-refractivity contribution in [2.75, 3.05) is 18.1 Å². The Morgan fingerprint density at radius 3 is 2.21 bits per heavy atom. The third kappa shape index (κ3) is 5.99. The lowest BCUT2D eigenvalue weighted by Gasteiger charge is -2.24. The Labute approximate surface area is 169 Å². The number of benzene rings is 2. The third-order valence-electron chi connectivity index (χ3n) is 4.04. The molecule has 0 spiro atoms. The van der Waals surface area contributed by atoms with E-state index in [4.69, 9.17) is 4.74 Å². The van der Waals surface area contributed by atoms with Crippen molar-refractivity contribution in [1.82, 2.24) is 4.72 Å². The molecule has 2 atom stereocenters. The fourth-order valence-corrected chi connectivity index (χ4v) is 4.59. The molecule has 0 unspecified atom stereocenters. The van der Waals surface area contributed by atoms with Crippen molar-refractivity contribution in [3.8, 4) is 0 Å². The van der Waals surface area contributed by atoms with Crippen LogP contribution in [0.15, 0.2) is 53.4 Å². The van der Waals surface area contributed by atoms with E-state index in [1.54, 1.807) is 30.3 Å². The molecule has 2 aromatic rings. The molecular weight excluding hydrogens is 423 g/mol. The molecule has 158 valence electrons. The zero-order valence-corrected chi connectivity index (χ0v) is 17.6. The molecule has 0 bridgehead atoms. The smallest absolute Gasteiger partial charge is 0.310 e. The molecule has 0 aliphatic rings. The molecule has 0 fully saturated rings. The zero-order valence-electron chi connectivity index (χ0n) is 15.9. The summed E-state index contributed by atoms with van der Waals surface area (Å²) in [5, 5.41) is 0. The van der Waals surface area contributed by atoms with E-state index in [-0.39, 0.29) is 5.69 Å². The van der Waals surface area contributed by atoms with Crippen LogP contribution in [0.3, 0.4) is 0 Å². The van der Waals surface area contributed by atoms with Crippen LogP contribution >= 0.6 is 0 Å². The van der Waals surface area contributed by atoms with Crippen LogP contribution in [0.2, 0.25) is 0 Å². The molecule has 0 saturated heterocycles. The summed E-state index contributed by atoms with van der Waals surface area (Å²) in [6, 6.07) is 10.1. The van der Waals surface area contributed by atoms with Crippen LogP contribution in [0.1, 0.15) is 18.5 Å². The number of nitrogens with one attached hydrogen (secondary N) is 2. The number of carbonyl (C=O) groups is 1. The van der Waals surface area contributed by atoms with Gasteiger partial charge in [0.15, 0.2) is 0 Å². The van der Waals surface area contributed by atoms with Crippen LogP contribution in [-0.2, 0) is 29.6 Å². The summed E-state index contributed by atoms with van der Waals surface area (Å²) in [6.45, 7) is 1.49. The fourth-order valence-electron chi connectivity index (χ4n) is 2.67. The lowest BCUT2D eigenvalue weighted by atomic mass is 9.95. The SMILES string of the molecule is COC(=O)[C@@H](C)[C@@H](NS(=O)(=O)c1ccc(NS(C)(=O)=O)cc1F)c1ccccc1. The second kappa shape index (κ2) is 8.89. The average molecular weight is 445 g/mol. The molecule has 0 aliphatic carbocycles. The highest BCUT2D eigenvalue weighted by Crippen LogP contribution is 2.27. The van der Waals surface area contributed by atoms with Crippen molar-refractivity contribution < 1.29 is 30.8 Å². The Hall–Kier alpha value is -2.50. The van der Waals surface area contributed by atoms with E-state index in [0.29, 0.717) is 5.56 Å². The van der Waals surface area contributed by atoms with Crippen molar-refractivity contribution in [3.63, 3.8) is 0 Å². The number of hydrogen-bond acceptors (Lipinski definition) is 6. The highest BCUT2D eigenvalue weighted by molar-refractivity contribution is 7.92. The lowest BCUT2D eigenvalue weighted by molar-refractivity contribution is -0.145. The van der Waals surface area contributed by atoms with Crippen LogP contribution in [0.4, 0.5) is 10.1 Å². The van der Waals surface area contributed by atoms with Gasteiger partial charge in [0.1, 0.15) is 10.7 Å². The van der Waals surface area contributed by atoms with Crippen molar-refractivity contribution >= 4 is 31.7 Å². The predicted molar refractivity (Wildman–Crippen MR) is 106 cm³/mol. The van der Waals surface area contributed by atoms with Crippen molar-refractivity contribution in [1.29, 1.82) is 0 Å². The number of esters is 1. The third-order valence-corrected chi connectivity index (χ3v) is 6.12. The maximum absolute atomic E-state index is 14.5. The monoisotopic (exact) mass is 444 g/mol. The highest BCUT2D eigenvalue weighted by atomic mass is 32.2. The van der Waals surface area contributed by atoms with Crippen LogP contribution < -0.4 is 9.44 Å². The number of carbonyl (C=O) groups excluding carboxylic acids is 1. The number of rotatable bonds is 8. The van der Waals surface area contributed by atoms with Gasteiger partial charge in [-0.3, -0.25) is 9.52 Å². The van der Waals surface area contributed by atoms with Gasteiger partial charge < -0.3 is 4.74 Å². The minimum Gasteiger partial charge on any atom is -0.469 e. The number of anilines is 1. The number of halogens is 1. The molecule has 0 aromatic heterocycles. The Kier molecular flexibility index (Phi) is 6.98. The van der Waals surface area contributed by atoms with E-state index in [9.17, 15) is 26.0 Å². The maximum Gasteiger partial charge on any atom is 0.310 e. The summed E-state index contributed by atoms with van der Waals surface area (Å²) in [6.07, 6.45) is 0.885. The molecule has 2 aromatic carbocycles. The predicted octanol–water partition coefficient (Wildman–Crippen LogP) is 2.03.